The van der Waals surface area contributed by atoms with Gasteiger partial charge < -0.3 is 24.7 Å². The van der Waals surface area contributed by atoms with E-state index < -0.39 is 51.8 Å². The molecule has 36 heavy (non-hydrogen) atoms. The molecule has 0 amide bonds. The van der Waals surface area contributed by atoms with E-state index >= 15 is 4.39 Å². The Balaban J connectivity index is 1.78. The molecule has 2 N–H and O–H groups in total. The van der Waals surface area contributed by atoms with Gasteiger partial charge in [-0.05, 0) is 24.3 Å². The van der Waals surface area contributed by atoms with Crippen molar-refractivity contribution < 1.29 is 41.3 Å². The average Bonchev–Trinajstić information content (AvgIpc) is 3.40. The molecule has 0 aliphatic carbocycles. The number of carbonyl (C=O) groups is 2. The second kappa shape index (κ2) is 9.66. The molecule has 2 aromatic heterocycles. The lowest BCUT2D eigenvalue weighted by molar-refractivity contribution is -0.165. The molecule has 1 unspecified atom stereocenters. The summed E-state index contributed by atoms with van der Waals surface area (Å²) in [6.07, 6.45) is -3.95. The van der Waals surface area contributed by atoms with Gasteiger partial charge in [0.25, 0.3) is 0 Å². The second-order valence-corrected chi connectivity index (χ2v) is 9.81. The highest BCUT2D eigenvalue weighted by molar-refractivity contribution is 7.92. The number of nitrogens with two attached hydrogens (primary N) is 1. The summed E-state index contributed by atoms with van der Waals surface area (Å²) < 4.78 is 64.7. The molecule has 1 aliphatic heterocycles. The van der Waals surface area contributed by atoms with Crippen LogP contribution in [0.25, 0.3) is 11.2 Å². The largest absolute Gasteiger partial charge is 0.497 e. The number of rotatable bonds is 7. The number of anilines is 1. The van der Waals surface area contributed by atoms with E-state index in [1.165, 1.54) is 42.3 Å². The molecule has 1 aliphatic rings. The number of methoxy groups -OCH3 is 1. The lowest BCUT2D eigenvalue weighted by Crippen LogP contribution is -2.44. The van der Waals surface area contributed by atoms with Crippen molar-refractivity contribution >= 4 is 38.8 Å². The summed E-state index contributed by atoms with van der Waals surface area (Å²) in [6.45, 7) is 2.13. The number of aromatic nitrogens is 4. The van der Waals surface area contributed by atoms with Crippen LogP contribution in [0.15, 0.2) is 41.8 Å². The fourth-order valence-corrected chi connectivity index (χ4v) is 5.22. The predicted molar refractivity (Wildman–Crippen MR) is 120 cm³/mol. The van der Waals surface area contributed by atoms with Crippen LogP contribution in [0.4, 0.5) is 10.2 Å². The number of sulfone groups is 1. The number of imidazole rings is 1. The molecule has 0 radical (unpaired) electrons. The number of esters is 2. The Morgan fingerprint density at radius 2 is 1.72 bits per heavy atom. The van der Waals surface area contributed by atoms with Crippen molar-refractivity contribution in [3.8, 4) is 5.75 Å². The van der Waals surface area contributed by atoms with E-state index in [0.29, 0.717) is 5.75 Å². The number of fused-ring (bicyclic) bond motifs is 1. The van der Waals surface area contributed by atoms with Gasteiger partial charge in [-0.1, -0.05) is 0 Å². The number of hydrogen-bond acceptors (Lipinski definition) is 12. The number of benzene rings is 1. The van der Waals surface area contributed by atoms with Crippen LogP contribution in [-0.2, 0) is 33.6 Å². The normalized spacial score (nSPS) is 22.8. The van der Waals surface area contributed by atoms with E-state index in [4.69, 9.17) is 24.7 Å². The van der Waals surface area contributed by atoms with Crippen LogP contribution in [0.5, 0.6) is 5.75 Å². The number of nitrogens with zero attached hydrogens (tertiary/aromatic N) is 4. The van der Waals surface area contributed by atoms with Gasteiger partial charge in [0.1, 0.15) is 23.7 Å². The molecule has 1 fully saturated rings. The third-order valence-corrected chi connectivity index (χ3v) is 7.22. The number of hydrogen-bond donors (Lipinski definition) is 1. The first-order valence-electron chi connectivity index (χ1n) is 10.5. The smallest absolute Gasteiger partial charge is 0.303 e. The molecular weight excluding hydrogens is 501 g/mol. The number of carbonyl (C=O) groups excluding carboxylic acids is 2. The average molecular weight is 523 g/mol. The van der Waals surface area contributed by atoms with Gasteiger partial charge in [0.2, 0.25) is 15.3 Å². The summed E-state index contributed by atoms with van der Waals surface area (Å²) in [6, 6.07) is 5.04. The van der Waals surface area contributed by atoms with Crippen molar-refractivity contribution in [2.24, 2.45) is 0 Å². The van der Waals surface area contributed by atoms with Crippen LogP contribution < -0.4 is 10.5 Å². The molecular formula is C21H22FN5O8S. The van der Waals surface area contributed by atoms with Gasteiger partial charge in [0, 0.05) is 13.8 Å². The molecule has 1 saturated heterocycles. The van der Waals surface area contributed by atoms with Crippen molar-refractivity contribution in [3.63, 3.8) is 0 Å². The van der Waals surface area contributed by atoms with Crippen LogP contribution in [0.3, 0.4) is 0 Å². The lowest BCUT2D eigenvalue weighted by Gasteiger charge is -2.24. The van der Waals surface area contributed by atoms with Crippen molar-refractivity contribution in [3.05, 3.63) is 36.9 Å². The molecule has 3 heterocycles. The number of ether oxygens (including phenoxy) is 4. The minimum absolute atomic E-state index is 0.0410. The van der Waals surface area contributed by atoms with Crippen molar-refractivity contribution in [2.45, 2.75) is 48.8 Å². The van der Waals surface area contributed by atoms with Gasteiger partial charge >= 0.3 is 11.9 Å². The Morgan fingerprint density at radius 1 is 1.08 bits per heavy atom. The third-order valence-electron chi connectivity index (χ3n) is 5.43. The van der Waals surface area contributed by atoms with Crippen LogP contribution in [0.1, 0.15) is 20.1 Å². The first kappa shape index (κ1) is 25.2. The number of alkyl halides is 1. The van der Waals surface area contributed by atoms with Gasteiger partial charge in [0.15, 0.2) is 29.9 Å². The molecule has 192 valence electrons. The number of halogens is 1. The Hall–Kier alpha value is -3.85. The zero-order valence-electron chi connectivity index (χ0n) is 19.3. The highest BCUT2D eigenvalue weighted by Gasteiger charge is 2.56. The minimum Gasteiger partial charge on any atom is -0.497 e. The Labute approximate surface area is 204 Å². The summed E-state index contributed by atoms with van der Waals surface area (Å²) in [5, 5.41) is 0. The summed E-state index contributed by atoms with van der Waals surface area (Å²) in [5.41, 5.74) is 3.43. The molecule has 4 rings (SSSR count). The summed E-state index contributed by atoms with van der Waals surface area (Å²) >= 11 is 0. The SMILES string of the molecule is COc1ccc(S(=O)(=O)C(F)[C@H]2O[C@@H](n3cnc4c(N)ncnc43)[C@H](OC(C)=O)[C@@H]2OC(C)=O)cc1. The van der Waals surface area contributed by atoms with E-state index in [-0.39, 0.29) is 21.9 Å². The highest BCUT2D eigenvalue weighted by Crippen LogP contribution is 2.40. The Morgan fingerprint density at radius 3 is 2.33 bits per heavy atom. The third kappa shape index (κ3) is 4.54. The Bertz CT molecular complexity index is 1400. The maximum Gasteiger partial charge on any atom is 0.303 e. The summed E-state index contributed by atoms with van der Waals surface area (Å²) in [4.78, 5) is 35.5. The Kier molecular flexibility index (Phi) is 6.77. The fraction of sp³-hybridized carbons (Fsp3) is 0.381. The number of nitrogen functional groups attached to an aromatic ring is 1. The van der Waals surface area contributed by atoms with Gasteiger partial charge in [-0.15, -0.1) is 0 Å². The first-order valence-corrected chi connectivity index (χ1v) is 12.0. The molecule has 5 atom stereocenters. The maximum absolute atomic E-state index is 15.8. The molecule has 13 nitrogen and oxygen atoms in total. The highest BCUT2D eigenvalue weighted by atomic mass is 32.2. The monoisotopic (exact) mass is 523 g/mol. The standard InChI is InChI=1S/C21H22FN5O8S/c1-10(28)33-15-16(18(22)36(30,31)13-6-4-12(32-3)5-7-13)35-21(17(15)34-11(2)29)27-9-26-14-19(23)24-8-25-20(14)27/h4-9,15-18,21H,1-3H3,(H2,23,24,25)/t15-,16+,17-,18?,21-/m1/s1. The lowest BCUT2D eigenvalue weighted by atomic mass is 10.1. The van der Waals surface area contributed by atoms with Gasteiger partial charge in [-0.2, -0.15) is 0 Å². The van der Waals surface area contributed by atoms with Crippen molar-refractivity contribution in [1.82, 2.24) is 19.5 Å². The predicted octanol–water partition coefficient (Wildman–Crippen LogP) is 0.947. The van der Waals surface area contributed by atoms with E-state index in [1.807, 2.05) is 0 Å². The minimum atomic E-state index is -4.66. The van der Waals surface area contributed by atoms with Crippen LogP contribution in [0, 0.1) is 0 Å². The molecule has 0 spiro atoms. The maximum atomic E-state index is 15.8. The topological polar surface area (TPSA) is 175 Å². The zero-order chi connectivity index (χ0) is 26.2. The molecule has 15 heteroatoms. The first-order chi connectivity index (χ1) is 17.0. The van der Waals surface area contributed by atoms with Gasteiger partial charge in [0.05, 0.1) is 18.3 Å². The van der Waals surface area contributed by atoms with E-state index in [1.54, 1.807) is 0 Å². The fourth-order valence-electron chi connectivity index (χ4n) is 3.87. The molecule has 0 bridgehead atoms. The summed E-state index contributed by atoms with van der Waals surface area (Å²) in [7, 11) is -3.26. The van der Waals surface area contributed by atoms with Gasteiger partial charge in [-0.3, -0.25) is 14.2 Å². The van der Waals surface area contributed by atoms with Crippen LogP contribution in [-0.4, -0.2) is 70.8 Å². The van der Waals surface area contributed by atoms with E-state index in [2.05, 4.69) is 15.0 Å². The molecule has 3 aromatic rings. The summed E-state index contributed by atoms with van der Waals surface area (Å²) in [5.74, 6) is -1.28. The quantitative estimate of drug-likeness (QED) is 0.435. The van der Waals surface area contributed by atoms with Crippen molar-refractivity contribution in [2.75, 3.05) is 12.8 Å². The van der Waals surface area contributed by atoms with Crippen LogP contribution in [0.2, 0.25) is 0 Å². The zero-order valence-corrected chi connectivity index (χ0v) is 20.1. The molecule has 0 saturated carbocycles. The van der Waals surface area contributed by atoms with Crippen molar-refractivity contribution in [1.29, 1.82) is 0 Å². The van der Waals surface area contributed by atoms with Crippen LogP contribution >= 0.6 is 0 Å². The molecule has 1 aromatic carbocycles. The van der Waals surface area contributed by atoms with E-state index in [0.717, 1.165) is 20.2 Å². The van der Waals surface area contributed by atoms with Gasteiger partial charge in [-0.25, -0.2) is 27.8 Å². The second-order valence-electron chi connectivity index (χ2n) is 7.79. The van der Waals surface area contributed by atoms with E-state index in [9.17, 15) is 18.0 Å².